The fourth-order valence-electron chi connectivity index (χ4n) is 4.22. The molecule has 0 aliphatic carbocycles. The fourth-order valence-corrected chi connectivity index (χ4v) is 5.99. The number of fused-ring (bicyclic) bond motifs is 1. The average molecular weight is 525 g/mol. The number of carboxylic acid groups (broad SMARTS) is 1. The molecule has 9 nitrogen and oxygen atoms in total. The molecule has 0 saturated carbocycles. The molecule has 1 amide bonds. The number of carbonyl (C=O) groups excluding carboxylic acids is 2. The van der Waals surface area contributed by atoms with Crippen LogP contribution in [0.5, 0.6) is 0 Å². The zero-order valence-electron chi connectivity index (χ0n) is 20.0. The third-order valence-electron chi connectivity index (χ3n) is 5.92. The van der Waals surface area contributed by atoms with Gasteiger partial charge in [0.15, 0.2) is 0 Å². The molecule has 11 heteroatoms. The Morgan fingerprint density at radius 3 is 2.43 bits per heavy atom. The van der Waals surface area contributed by atoms with Gasteiger partial charge in [0, 0.05) is 11.6 Å². The predicted molar refractivity (Wildman–Crippen MR) is 130 cm³/mol. The van der Waals surface area contributed by atoms with Crippen molar-refractivity contribution in [2.24, 2.45) is 5.41 Å². The summed E-state index contributed by atoms with van der Waals surface area (Å²) in [5.41, 5.74) is -0.382. The zero-order chi connectivity index (χ0) is 26.1. The minimum Gasteiger partial charge on any atom is -0.480 e. The standard InChI is InChI=1S/C24H29ClN2O7S/c1-24(2,3)13-20(23(30)31)26-10-9-19(22(26)29)27(14-21(28)34-4)35(32,33)18-8-6-15-11-17(25)7-5-16(15)12-18/h5-8,11-12,19-20H,9-10,13-14H2,1-4H3,(H,30,31)/t19-,20-/m0/s1. The summed E-state index contributed by atoms with van der Waals surface area (Å²) < 4.78 is 32.8. The van der Waals surface area contributed by atoms with Crippen LogP contribution in [0.2, 0.25) is 5.02 Å². The maximum Gasteiger partial charge on any atom is 0.326 e. The number of likely N-dealkylation sites (tertiary alicyclic amines) is 1. The van der Waals surface area contributed by atoms with Crippen molar-refractivity contribution in [3.8, 4) is 0 Å². The van der Waals surface area contributed by atoms with Crippen molar-refractivity contribution in [3.05, 3.63) is 41.4 Å². The van der Waals surface area contributed by atoms with Crippen LogP contribution in [0.3, 0.4) is 0 Å². The van der Waals surface area contributed by atoms with Gasteiger partial charge >= 0.3 is 11.9 Å². The van der Waals surface area contributed by atoms with Crippen molar-refractivity contribution < 1.29 is 32.6 Å². The summed E-state index contributed by atoms with van der Waals surface area (Å²) in [7, 11) is -3.20. The lowest BCUT2D eigenvalue weighted by Crippen LogP contribution is -2.51. The van der Waals surface area contributed by atoms with Crippen LogP contribution in [-0.4, -0.2) is 72.9 Å². The minimum atomic E-state index is -4.32. The summed E-state index contributed by atoms with van der Waals surface area (Å²) in [5, 5.41) is 11.6. The van der Waals surface area contributed by atoms with E-state index in [4.69, 9.17) is 11.6 Å². The van der Waals surface area contributed by atoms with E-state index < -0.39 is 46.5 Å². The number of aliphatic carboxylic acids is 1. The molecule has 0 radical (unpaired) electrons. The van der Waals surface area contributed by atoms with Gasteiger partial charge in [-0.15, -0.1) is 0 Å². The first kappa shape index (κ1) is 26.9. The van der Waals surface area contributed by atoms with Crippen molar-refractivity contribution in [2.75, 3.05) is 20.2 Å². The van der Waals surface area contributed by atoms with Crippen LogP contribution in [0.1, 0.15) is 33.6 Å². The molecule has 2 atom stereocenters. The van der Waals surface area contributed by atoms with E-state index in [1.165, 1.54) is 17.0 Å². The molecular formula is C24H29ClN2O7S. The van der Waals surface area contributed by atoms with Gasteiger partial charge in [0.25, 0.3) is 0 Å². The third kappa shape index (κ3) is 5.94. The van der Waals surface area contributed by atoms with Crippen molar-refractivity contribution in [1.29, 1.82) is 0 Å². The molecule has 0 bridgehead atoms. The number of sulfonamides is 1. The Hall–Kier alpha value is -2.69. The normalized spacial score (nSPS) is 17.7. The number of halogens is 1. The first-order chi connectivity index (χ1) is 16.2. The van der Waals surface area contributed by atoms with E-state index in [-0.39, 0.29) is 29.7 Å². The number of methoxy groups -OCH3 is 1. The van der Waals surface area contributed by atoms with Gasteiger partial charge in [-0.1, -0.05) is 44.5 Å². The highest BCUT2D eigenvalue weighted by atomic mass is 35.5. The van der Waals surface area contributed by atoms with E-state index in [1.807, 2.05) is 20.8 Å². The Morgan fingerprint density at radius 1 is 1.20 bits per heavy atom. The molecule has 1 saturated heterocycles. The first-order valence-electron chi connectivity index (χ1n) is 11.1. The largest absolute Gasteiger partial charge is 0.480 e. The quantitative estimate of drug-likeness (QED) is 0.526. The molecule has 3 rings (SSSR count). The smallest absolute Gasteiger partial charge is 0.326 e. The van der Waals surface area contributed by atoms with Crippen LogP contribution in [0.4, 0.5) is 0 Å². The van der Waals surface area contributed by atoms with Crippen LogP contribution in [0.15, 0.2) is 41.3 Å². The van der Waals surface area contributed by atoms with E-state index >= 15 is 0 Å². The highest BCUT2D eigenvalue weighted by Gasteiger charge is 2.46. The topological polar surface area (TPSA) is 121 Å². The van der Waals surface area contributed by atoms with Crippen molar-refractivity contribution in [2.45, 2.75) is 50.6 Å². The van der Waals surface area contributed by atoms with Gasteiger partial charge in [-0.3, -0.25) is 9.59 Å². The predicted octanol–water partition coefficient (Wildman–Crippen LogP) is 3.15. The second-order valence-corrected chi connectivity index (χ2v) is 12.1. The number of carboxylic acids is 1. The van der Waals surface area contributed by atoms with E-state index in [0.29, 0.717) is 10.4 Å². The van der Waals surface area contributed by atoms with Crippen molar-refractivity contribution >= 4 is 50.2 Å². The summed E-state index contributed by atoms with van der Waals surface area (Å²) in [6.07, 6.45) is 0.240. The number of carbonyl (C=O) groups is 3. The number of benzene rings is 2. The number of hydrogen-bond donors (Lipinski definition) is 1. The second-order valence-electron chi connectivity index (χ2n) is 9.73. The Morgan fingerprint density at radius 2 is 1.83 bits per heavy atom. The van der Waals surface area contributed by atoms with Crippen LogP contribution >= 0.6 is 11.6 Å². The van der Waals surface area contributed by atoms with E-state index in [1.54, 1.807) is 24.3 Å². The molecule has 0 aromatic heterocycles. The SMILES string of the molecule is COC(=O)CN([C@H]1CCN([C@@H](CC(C)(C)C)C(=O)O)C1=O)S(=O)(=O)c1ccc2cc(Cl)ccc2c1. The third-order valence-corrected chi connectivity index (χ3v) is 8.00. The number of amides is 1. The summed E-state index contributed by atoms with van der Waals surface area (Å²) >= 11 is 6.01. The molecule has 0 unspecified atom stereocenters. The molecule has 1 heterocycles. The lowest BCUT2D eigenvalue weighted by atomic mass is 9.87. The molecular weight excluding hydrogens is 496 g/mol. The highest BCUT2D eigenvalue weighted by molar-refractivity contribution is 7.89. The summed E-state index contributed by atoms with van der Waals surface area (Å²) in [5.74, 6) is -2.65. The van der Waals surface area contributed by atoms with Crippen molar-refractivity contribution in [1.82, 2.24) is 9.21 Å². The van der Waals surface area contributed by atoms with Gasteiger partial charge in [-0.2, -0.15) is 4.31 Å². The highest BCUT2D eigenvalue weighted by Crippen LogP contribution is 2.31. The average Bonchev–Trinajstić information content (AvgIpc) is 3.14. The molecule has 190 valence electrons. The van der Waals surface area contributed by atoms with Gasteiger partial charge < -0.3 is 14.7 Å². The van der Waals surface area contributed by atoms with Crippen LogP contribution in [-0.2, 0) is 29.1 Å². The molecule has 2 aromatic rings. The van der Waals surface area contributed by atoms with Gasteiger partial charge in [0.1, 0.15) is 18.6 Å². The number of esters is 1. The number of ether oxygens (including phenoxy) is 1. The monoisotopic (exact) mass is 524 g/mol. The van der Waals surface area contributed by atoms with E-state index in [2.05, 4.69) is 4.74 Å². The molecule has 1 aliphatic rings. The number of rotatable bonds is 8. The second kappa shape index (κ2) is 10.1. The molecule has 2 aromatic carbocycles. The Balaban J connectivity index is 2.00. The van der Waals surface area contributed by atoms with E-state index in [0.717, 1.165) is 16.8 Å². The Kier molecular flexibility index (Phi) is 7.78. The Labute approximate surface area is 209 Å². The Bertz CT molecular complexity index is 1260. The van der Waals surface area contributed by atoms with Gasteiger partial charge in [-0.05, 0) is 53.3 Å². The maximum absolute atomic E-state index is 13.7. The zero-order valence-corrected chi connectivity index (χ0v) is 21.6. The summed E-state index contributed by atoms with van der Waals surface area (Å²) in [4.78, 5) is 38.6. The first-order valence-corrected chi connectivity index (χ1v) is 12.9. The molecule has 1 aliphatic heterocycles. The fraction of sp³-hybridized carbons (Fsp3) is 0.458. The van der Waals surface area contributed by atoms with Gasteiger partial charge in [0.05, 0.1) is 12.0 Å². The van der Waals surface area contributed by atoms with Gasteiger partial charge in [-0.25, -0.2) is 13.2 Å². The summed E-state index contributed by atoms with van der Waals surface area (Å²) in [6.45, 7) is 4.96. The van der Waals surface area contributed by atoms with Crippen LogP contribution in [0, 0.1) is 5.41 Å². The minimum absolute atomic E-state index is 0.0478. The lowest BCUT2D eigenvalue weighted by Gasteiger charge is -2.31. The lowest BCUT2D eigenvalue weighted by molar-refractivity contribution is -0.151. The maximum atomic E-state index is 13.7. The molecule has 1 N–H and O–H groups in total. The van der Waals surface area contributed by atoms with Crippen LogP contribution < -0.4 is 0 Å². The molecule has 0 spiro atoms. The van der Waals surface area contributed by atoms with Crippen LogP contribution in [0.25, 0.3) is 10.8 Å². The van der Waals surface area contributed by atoms with Gasteiger partial charge in [0.2, 0.25) is 15.9 Å². The number of hydrogen-bond acceptors (Lipinski definition) is 6. The molecule has 1 fully saturated rings. The summed E-state index contributed by atoms with van der Waals surface area (Å²) in [6, 6.07) is 7.08. The molecule has 35 heavy (non-hydrogen) atoms. The number of nitrogens with zero attached hydrogens (tertiary/aromatic N) is 2. The van der Waals surface area contributed by atoms with E-state index in [9.17, 15) is 27.9 Å². The van der Waals surface area contributed by atoms with Crippen molar-refractivity contribution in [3.63, 3.8) is 0 Å².